The predicted molar refractivity (Wildman–Crippen MR) is 71.5 cm³/mol. The molecule has 1 aromatic rings. The van der Waals surface area contributed by atoms with E-state index in [1.807, 2.05) is 6.07 Å². The number of benzene rings is 1. The fourth-order valence-corrected chi connectivity index (χ4v) is 2.71. The minimum Gasteiger partial charge on any atom is -0.493 e. The molecule has 1 aliphatic carbocycles. The SMILES string of the molecule is COc1c(OCC2CC2(C)F)ccc2c1CCNC2. The van der Waals surface area contributed by atoms with Crippen LogP contribution in [-0.2, 0) is 13.0 Å². The van der Waals surface area contributed by atoms with Crippen LogP contribution in [0.3, 0.4) is 0 Å². The first-order valence-electron chi connectivity index (χ1n) is 6.83. The van der Waals surface area contributed by atoms with Gasteiger partial charge < -0.3 is 14.8 Å². The van der Waals surface area contributed by atoms with Crippen molar-refractivity contribution in [3.63, 3.8) is 0 Å². The second-order valence-corrected chi connectivity index (χ2v) is 5.65. The van der Waals surface area contributed by atoms with Gasteiger partial charge in [0.2, 0.25) is 0 Å². The third-order valence-electron chi connectivity index (χ3n) is 4.17. The molecular formula is C15H20FNO2. The number of nitrogens with one attached hydrogen (secondary N) is 1. The summed E-state index contributed by atoms with van der Waals surface area (Å²) in [6.07, 6.45) is 1.55. The van der Waals surface area contributed by atoms with Crippen LogP contribution in [0.5, 0.6) is 11.5 Å². The van der Waals surface area contributed by atoms with E-state index in [0.717, 1.165) is 31.0 Å². The second-order valence-electron chi connectivity index (χ2n) is 5.65. The van der Waals surface area contributed by atoms with Crippen molar-refractivity contribution in [3.8, 4) is 11.5 Å². The standard InChI is InChI=1S/C15H20FNO2/c1-15(16)7-11(15)9-19-13-4-3-10-8-17-6-5-12(10)14(13)18-2/h3-4,11,17H,5-9H2,1-2H3. The fourth-order valence-electron chi connectivity index (χ4n) is 2.71. The molecule has 0 saturated heterocycles. The third kappa shape index (κ3) is 2.41. The average Bonchev–Trinajstić information content (AvgIpc) is 3.03. The van der Waals surface area contributed by atoms with Gasteiger partial charge in [-0.25, -0.2) is 4.39 Å². The normalized spacial score (nSPS) is 28.7. The third-order valence-corrected chi connectivity index (χ3v) is 4.17. The van der Waals surface area contributed by atoms with E-state index in [-0.39, 0.29) is 5.92 Å². The van der Waals surface area contributed by atoms with Crippen molar-refractivity contribution >= 4 is 0 Å². The molecule has 3 nitrogen and oxygen atoms in total. The number of alkyl halides is 1. The van der Waals surface area contributed by atoms with Gasteiger partial charge in [-0.15, -0.1) is 0 Å². The molecule has 1 aromatic carbocycles. The molecule has 0 bridgehead atoms. The molecule has 0 amide bonds. The van der Waals surface area contributed by atoms with E-state index in [0.29, 0.717) is 13.0 Å². The van der Waals surface area contributed by atoms with Crippen LogP contribution in [-0.4, -0.2) is 25.9 Å². The van der Waals surface area contributed by atoms with Crippen molar-refractivity contribution in [2.75, 3.05) is 20.3 Å². The quantitative estimate of drug-likeness (QED) is 0.907. The van der Waals surface area contributed by atoms with Gasteiger partial charge in [0.25, 0.3) is 0 Å². The summed E-state index contributed by atoms with van der Waals surface area (Å²) in [5.41, 5.74) is 1.44. The van der Waals surface area contributed by atoms with Crippen molar-refractivity contribution < 1.29 is 13.9 Å². The maximum Gasteiger partial charge on any atom is 0.164 e. The van der Waals surface area contributed by atoms with Gasteiger partial charge in [-0.2, -0.15) is 0 Å². The minimum absolute atomic E-state index is 0.0231. The van der Waals surface area contributed by atoms with Crippen LogP contribution in [0, 0.1) is 5.92 Å². The van der Waals surface area contributed by atoms with Gasteiger partial charge in [-0.3, -0.25) is 0 Å². The molecule has 0 radical (unpaired) electrons. The molecule has 4 heteroatoms. The highest BCUT2D eigenvalue weighted by molar-refractivity contribution is 5.51. The van der Waals surface area contributed by atoms with E-state index >= 15 is 0 Å². The lowest BCUT2D eigenvalue weighted by Crippen LogP contribution is -2.24. The van der Waals surface area contributed by atoms with E-state index in [1.165, 1.54) is 11.1 Å². The van der Waals surface area contributed by atoms with E-state index in [4.69, 9.17) is 9.47 Å². The Kier molecular flexibility index (Phi) is 3.13. The van der Waals surface area contributed by atoms with E-state index in [2.05, 4.69) is 11.4 Å². The number of methoxy groups -OCH3 is 1. The molecule has 0 spiro atoms. The average molecular weight is 265 g/mol. The van der Waals surface area contributed by atoms with E-state index in [9.17, 15) is 4.39 Å². The van der Waals surface area contributed by atoms with Gasteiger partial charge in [-0.1, -0.05) is 6.07 Å². The molecule has 0 aromatic heterocycles. The molecule has 1 heterocycles. The summed E-state index contributed by atoms with van der Waals surface area (Å²) in [5.74, 6) is 1.58. The summed E-state index contributed by atoms with van der Waals surface area (Å²) in [6.45, 7) is 3.90. The Morgan fingerprint density at radius 2 is 2.26 bits per heavy atom. The summed E-state index contributed by atoms with van der Waals surface area (Å²) in [6, 6.07) is 4.00. The fraction of sp³-hybridized carbons (Fsp3) is 0.600. The molecule has 104 valence electrons. The molecule has 2 unspecified atom stereocenters. The lowest BCUT2D eigenvalue weighted by molar-refractivity contribution is 0.230. The van der Waals surface area contributed by atoms with Crippen LogP contribution < -0.4 is 14.8 Å². The van der Waals surface area contributed by atoms with Gasteiger partial charge in [0, 0.05) is 18.0 Å². The number of ether oxygens (including phenoxy) is 2. The zero-order chi connectivity index (χ0) is 13.5. The van der Waals surface area contributed by atoms with Gasteiger partial charge in [-0.05, 0) is 37.9 Å². The predicted octanol–water partition coefficient (Wildman–Crippen LogP) is 2.47. The summed E-state index contributed by atoms with van der Waals surface area (Å²) in [7, 11) is 1.67. The van der Waals surface area contributed by atoms with Crippen LogP contribution in [0.15, 0.2) is 12.1 Å². The molecule has 1 fully saturated rings. The topological polar surface area (TPSA) is 30.5 Å². The summed E-state index contributed by atoms with van der Waals surface area (Å²) >= 11 is 0. The molecule has 2 aliphatic rings. The van der Waals surface area contributed by atoms with Crippen LogP contribution in [0.2, 0.25) is 0 Å². The van der Waals surface area contributed by atoms with Crippen LogP contribution >= 0.6 is 0 Å². The molecule has 3 rings (SSSR count). The minimum atomic E-state index is -1.04. The Labute approximate surface area is 113 Å². The maximum absolute atomic E-state index is 13.5. The van der Waals surface area contributed by atoms with E-state index < -0.39 is 5.67 Å². The largest absolute Gasteiger partial charge is 0.493 e. The zero-order valence-corrected chi connectivity index (χ0v) is 11.5. The molecule has 2 atom stereocenters. The highest BCUT2D eigenvalue weighted by atomic mass is 19.1. The van der Waals surface area contributed by atoms with Crippen molar-refractivity contribution in [2.24, 2.45) is 5.92 Å². The Morgan fingerprint density at radius 3 is 2.95 bits per heavy atom. The summed E-state index contributed by atoms with van der Waals surface area (Å²) < 4.78 is 24.8. The molecule has 19 heavy (non-hydrogen) atoms. The van der Waals surface area contributed by atoms with Gasteiger partial charge >= 0.3 is 0 Å². The number of rotatable bonds is 4. The smallest absolute Gasteiger partial charge is 0.164 e. The zero-order valence-electron chi connectivity index (χ0n) is 11.5. The van der Waals surface area contributed by atoms with Gasteiger partial charge in [0.1, 0.15) is 5.67 Å². The van der Waals surface area contributed by atoms with Crippen molar-refractivity contribution in [2.45, 2.75) is 32.0 Å². The van der Waals surface area contributed by atoms with Crippen molar-refractivity contribution in [3.05, 3.63) is 23.3 Å². The Hall–Kier alpha value is -1.29. The first-order valence-corrected chi connectivity index (χ1v) is 6.83. The van der Waals surface area contributed by atoms with Gasteiger partial charge in [0.05, 0.1) is 13.7 Å². The lowest BCUT2D eigenvalue weighted by atomic mass is 9.99. The van der Waals surface area contributed by atoms with Gasteiger partial charge in [0.15, 0.2) is 11.5 Å². The molecule has 1 N–H and O–H groups in total. The van der Waals surface area contributed by atoms with E-state index in [1.54, 1.807) is 14.0 Å². The first-order chi connectivity index (χ1) is 9.12. The summed E-state index contributed by atoms with van der Waals surface area (Å²) in [5, 5.41) is 3.34. The highest BCUT2D eigenvalue weighted by Crippen LogP contribution is 2.47. The number of hydrogen-bond donors (Lipinski definition) is 1. The summed E-state index contributed by atoms with van der Waals surface area (Å²) in [4.78, 5) is 0. The lowest BCUT2D eigenvalue weighted by Gasteiger charge is -2.22. The Morgan fingerprint density at radius 1 is 1.47 bits per heavy atom. The van der Waals surface area contributed by atoms with Crippen LogP contribution in [0.25, 0.3) is 0 Å². The number of hydrogen-bond acceptors (Lipinski definition) is 3. The van der Waals surface area contributed by atoms with Crippen LogP contribution in [0.4, 0.5) is 4.39 Å². The number of halogens is 1. The van der Waals surface area contributed by atoms with Crippen LogP contribution in [0.1, 0.15) is 24.5 Å². The first kappa shape index (κ1) is 12.7. The maximum atomic E-state index is 13.5. The van der Waals surface area contributed by atoms with Crippen molar-refractivity contribution in [1.29, 1.82) is 0 Å². The Balaban J connectivity index is 1.77. The second kappa shape index (κ2) is 4.67. The Bertz CT molecular complexity index is 487. The monoisotopic (exact) mass is 265 g/mol. The molecule has 1 aliphatic heterocycles. The molecular weight excluding hydrogens is 245 g/mol. The van der Waals surface area contributed by atoms with Crippen molar-refractivity contribution in [1.82, 2.24) is 5.32 Å². The molecule has 1 saturated carbocycles. The number of fused-ring (bicyclic) bond motifs is 1. The highest BCUT2D eigenvalue weighted by Gasteiger charge is 2.51.